The summed E-state index contributed by atoms with van der Waals surface area (Å²) >= 11 is 3.66. The number of halogens is 1. The van der Waals surface area contributed by atoms with E-state index in [0.717, 1.165) is 32.0 Å². The second kappa shape index (κ2) is 26.6. The van der Waals surface area contributed by atoms with Crippen molar-refractivity contribution in [2.24, 2.45) is 0 Å². The molecule has 2 aromatic rings. The maximum Gasteiger partial charge on any atom is 0.104 e. The molecule has 7 heteroatoms. The van der Waals surface area contributed by atoms with Gasteiger partial charge >= 0.3 is 25.2 Å². The first-order chi connectivity index (χ1) is 17.7. The third-order valence-corrected chi connectivity index (χ3v) is 4.51. The van der Waals surface area contributed by atoms with Gasteiger partial charge in [-0.2, -0.15) is 0 Å². The van der Waals surface area contributed by atoms with Crippen LogP contribution in [0.4, 0.5) is 0 Å². The molecule has 0 aromatic heterocycles. The Morgan fingerprint density at radius 2 is 1.44 bits per heavy atom. The number of rotatable bonds is 10. The van der Waals surface area contributed by atoms with E-state index in [1.165, 1.54) is 18.4 Å². The third-order valence-electron chi connectivity index (χ3n) is 4.51. The van der Waals surface area contributed by atoms with E-state index >= 15 is 0 Å². The van der Waals surface area contributed by atoms with Gasteiger partial charge in [0.25, 0.3) is 0 Å². The van der Waals surface area contributed by atoms with Crippen LogP contribution in [-0.4, -0.2) is 50.3 Å². The fourth-order valence-electron chi connectivity index (χ4n) is 2.70. The zero-order chi connectivity index (χ0) is 26.7. The molecule has 2 atom stereocenters. The topological polar surface area (TPSA) is 60.5 Å². The molecule has 0 saturated carbocycles. The van der Waals surface area contributed by atoms with E-state index in [-0.39, 0.29) is 0 Å². The molecule has 0 radical (unpaired) electrons. The van der Waals surface area contributed by atoms with E-state index in [0.29, 0.717) is 32.3 Å². The van der Waals surface area contributed by atoms with Crippen LogP contribution in [0.15, 0.2) is 86.0 Å². The summed E-state index contributed by atoms with van der Waals surface area (Å²) in [6.45, 7) is 14.0. The molecule has 2 aliphatic heterocycles. The normalized spacial score (nSPS) is 15.6. The molecule has 2 saturated heterocycles. The molecule has 1 N–H and O–H groups in total. The van der Waals surface area contributed by atoms with Crippen molar-refractivity contribution < 1.29 is 39.2 Å². The van der Waals surface area contributed by atoms with Crippen LogP contribution in [0.1, 0.15) is 37.3 Å². The summed E-state index contributed by atoms with van der Waals surface area (Å²) in [5.41, 5.74) is 2.34. The Morgan fingerprint density at radius 1 is 0.972 bits per heavy atom. The molecule has 36 heavy (non-hydrogen) atoms. The Labute approximate surface area is 230 Å². The molecule has 2 fully saturated rings. The van der Waals surface area contributed by atoms with Gasteiger partial charge in [0.15, 0.2) is 0 Å². The molecular weight excluding hydrogens is 527 g/mol. The molecule has 2 aliphatic rings. The molecule has 0 unspecified atom stereocenters. The van der Waals surface area contributed by atoms with Crippen LogP contribution in [0, 0.1) is 0 Å². The van der Waals surface area contributed by atoms with Crippen molar-refractivity contribution in [3.8, 4) is 0 Å². The number of benzene rings is 2. The van der Waals surface area contributed by atoms with Crippen molar-refractivity contribution in [2.75, 3.05) is 33.0 Å². The number of aliphatic hydroxyl groups excluding tert-OH is 1. The van der Waals surface area contributed by atoms with Gasteiger partial charge in [-0.3, -0.25) is 0 Å². The maximum absolute atomic E-state index is 9.33. The molecule has 4 rings (SSSR count). The van der Waals surface area contributed by atoms with Crippen LogP contribution >= 0.6 is 10.1 Å². The summed E-state index contributed by atoms with van der Waals surface area (Å²) in [6, 6.07) is 20.1. The Hall–Kier alpha value is -1.47. The number of allylic oxidation sites excluding steroid dienone is 1. The summed E-state index contributed by atoms with van der Waals surface area (Å²) in [5, 5.41) is 9.33. The van der Waals surface area contributed by atoms with Crippen LogP contribution < -0.4 is 0 Å². The van der Waals surface area contributed by atoms with E-state index in [2.05, 4.69) is 50.5 Å². The van der Waals surface area contributed by atoms with E-state index in [1.807, 2.05) is 55.5 Å². The minimum absolute atomic E-state index is 0.362. The van der Waals surface area contributed by atoms with Crippen molar-refractivity contribution in [2.45, 2.75) is 51.6 Å². The summed E-state index contributed by atoms with van der Waals surface area (Å²) in [4.78, 5) is 0. The van der Waals surface area contributed by atoms with Gasteiger partial charge in [-0.25, -0.2) is 0 Å². The van der Waals surface area contributed by atoms with Crippen molar-refractivity contribution in [3.05, 3.63) is 97.1 Å². The van der Waals surface area contributed by atoms with E-state index < -0.39 is 6.10 Å². The first-order valence-electron chi connectivity index (χ1n) is 12.1. The van der Waals surface area contributed by atoms with Crippen LogP contribution in [0.25, 0.3) is 0 Å². The second-order valence-electron chi connectivity index (χ2n) is 7.86. The zero-order valence-corrected chi connectivity index (χ0v) is 23.0. The van der Waals surface area contributed by atoms with Gasteiger partial charge in [0.1, 0.15) is 6.10 Å². The van der Waals surface area contributed by atoms with E-state index in [9.17, 15) is 5.11 Å². The van der Waals surface area contributed by atoms with Crippen molar-refractivity contribution in [1.29, 1.82) is 0 Å². The molecule has 0 spiro atoms. The van der Waals surface area contributed by atoms with Gasteiger partial charge in [0.2, 0.25) is 0 Å². The maximum atomic E-state index is 9.33. The van der Waals surface area contributed by atoms with Crippen LogP contribution in [-0.2, 0) is 47.3 Å². The standard InChI is InChI=1S/C12H16O2.C10H12O2.C4H8O.C3H6.ClH.Cu/c1-2-6-12(13)10-14-9-11-7-4-3-5-8-11;1-2-4-9(5-3-1)6-11-7-10-8-12-10;1-2-4-5-3-1;1-3-2;;/h2-5,7-8,12-13H,1,6,9-10H2;1-5,10H,6-8H2;1-4H2;3H,1H2,2H3;1H;/q;;;;;+1/p-1/t12-;10-;;;;/m01..../s1. The molecule has 2 heterocycles. The van der Waals surface area contributed by atoms with Crippen LogP contribution in [0.5, 0.6) is 0 Å². The van der Waals surface area contributed by atoms with Crippen LogP contribution in [0.2, 0.25) is 0 Å². The van der Waals surface area contributed by atoms with Gasteiger partial charge in [0.05, 0.1) is 39.1 Å². The average molecular weight is 570 g/mol. The quantitative estimate of drug-likeness (QED) is 0.203. The zero-order valence-electron chi connectivity index (χ0n) is 21.3. The minimum Gasteiger partial charge on any atom is -0.374 e. The molecule has 2 aromatic carbocycles. The number of hydrogen-bond acceptors (Lipinski definition) is 5. The van der Waals surface area contributed by atoms with Gasteiger partial charge in [-0.1, -0.05) is 72.8 Å². The predicted octanol–water partition coefficient (Wildman–Crippen LogP) is 6.42. The molecule has 0 amide bonds. The summed E-state index contributed by atoms with van der Waals surface area (Å²) < 4.78 is 20.7. The molecular formula is C29H42ClCuO5. The fraction of sp³-hybridized carbons (Fsp3) is 0.448. The van der Waals surface area contributed by atoms with Crippen molar-refractivity contribution in [1.82, 2.24) is 0 Å². The second-order valence-corrected chi connectivity index (χ2v) is 7.86. The Morgan fingerprint density at radius 3 is 1.83 bits per heavy atom. The molecule has 206 valence electrons. The van der Waals surface area contributed by atoms with Gasteiger partial charge in [-0.05, 0) is 37.3 Å². The van der Waals surface area contributed by atoms with Gasteiger partial charge in [0, 0.05) is 13.2 Å². The number of hydrogen-bond donors (Lipinski definition) is 1. The Bertz CT molecular complexity index is 717. The summed E-state index contributed by atoms with van der Waals surface area (Å²) in [6.07, 6.45) is 6.51. The van der Waals surface area contributed by atoms with Crippen molar-refractivity contribution >= 4 is 10.1 Å². The number of ether oxygens (including phenoxy) is 4. The van der Waals surface area contributed by atoms with E-state index in [1.54, 1.807) is 12.2 Å². The fourth-order valence-corrected chi connectivity index (χ4v) is 2.70. The van der Waals surface area contributed by atoms with Gasteiger partial charge < -0.3 is 24.1 Å². The van der Waals surface area contributed by atoms with Crippen LogP contribution in [0.3, 0.4) is 0 Å². The first kappa shape index (κ1) is 34.5. The summed E-state index contributed by atoms with van der Waals surface area (Å²) in [7, 11) is 4.20. The number of aliphatic hydroxyl groups is 1. The Balaban J connectivity index is 0.000000500. The smallest absolute Gasteiger partial charge is 0.104 e. The van der Waals surface area contributed by atoms with Gasteiger partial charge in [-0.15, -0.1) is 13.2 Å². The van der Waals surface area contributed by atoms with E-state index in [4.69, 9.17) is 18.9 Å². The monoisotopic (exact) mass is 568 g/mol. The third kappa shape index (κ3) is 23.0. The molecule has 0 bridgehead atoms. The summed E-state index contributed by atoms with van der Waals surface area (Å²) in [5.74, 6) is 0. The Kier molecular flexibility index (Phi) is 25.5. The SMILES string of the molecule is C1CCOC1.C=CC.C=CC[C@H](O)COCc1ccccc1.[Cl][Cu].c1ccc(COC[C@@H]2CO2)cc1. The van der Waals surface area contributed by atoms with Crippen molar-refractivity contribution in [3.63, 3.8) is 0 Å². The predicted molar refractivity (Wildman–Crippen MR) is 145 cm³/mol. The molecule has 5 nitrogen and oxygen atoms in total. The minimum atomic E-state index is -0.434. The molecule has 0 aliphatic carbocycles. The number of epoxide rings is 1. The average Bonchev–Trinajstić information content (AvgIpc) is 3.53. The largest absolute Gasteiger partial charge is 0.374 e. The first-order valence-corrected chi connectivity index (χ1v) is 13.4.